The molecule has 0 aromatic carbocycles. The van der Waals surface area contributed by atoms with Crippen LogP contribution in [0.25, 0.3) is 0 Å². The average molecular weight is 230 g/mol. The zero-order chi connectivity index (χ0) is 11.7. The van der Waals surface area contributed by atoms with E-state index in [9.17, 15) is 4.79 Å². The van der Waals surface area contributed by atoms with Crippen LogP contribution in [0.2, 0.25) is 24.2 Å². The maximum atomic E-state index is 11.2. The Morgan fingerprint density at radius 1 is 1.07 bits per heavy atom. The predicted molar refractivity (Wildman–Crippen MR) is 67.9 cm³/mol. The molecular weight excluding hydrogens is 204 g/mol. The van der Waals surface area contributed by atoms with Crippen molar-refractivity contribution in [2.75, 3.05) is 6.61 Å². The van der Waals surface area contributed by atoms with Crippen molar-refractivity contribution in [3.8, 4) is 0 Å². The van der Waals surface area contributed by atoms with E-state index in [0.717, 1.165) is 6.42 Å². The highest BCUT2D eigenvalue weighted by Gasteiger charge is 2.25. The molecule has 0 fully saturated rings. The van der Waals surface area contributed by atoms with Crippen molar-refractivity contribution < 1.29 is 9.53 Å². The van der Waals surface area contributed by atoms with E-state index in [-0.39, 0.29) is 5.97 Å². The standard InChI is InChI=1S/C12H26O2Si/c1-5-14-12(13)10-9-11-15(6-2,7-3)8-4/h5-11H2,1-4H3. The van der Waals surface area contributed by atoms with Gasteiger partial charge in [0.15, 0.2) is 0 Å². The summed E-state index contributed by atoms with van der Waals surface area (Å²) in [6, 6.07) is 5.34. The molecule has 0 aromatic rings. The lowest BCUT2D eigenvalue weighted by atomic mass is 10.3. The SMILES string of the molecule is CCOC(=O)CCC[Si](CC)(CC)CC. The first-order valence-electron chi connectivity index (χ1n) is 6.29. The van der Waals surface area contributed by atoms with Gasteiger partial charge >= 0.3 is 5.97 Å². The van der Waals surface area contributed by atoms with E-state index in [1.807, 2.05) is 6.92 Å². The summed E-state index contributed by atoms with van der Waals surface area (Å²) in [6.45, 7) is 9.30. The van der Waals surface area contributed by atoms with Crippen LogP contribution in [0.1, 0.15) is 40.5 Å². The first kappa shape index (κ1) is 14.7. The van der Waals surface area contributed by atoms with E-state index < -0.39 is 8.07 Å². The van der Waals surface area contributed by atoms with Crippen LogP contribution < -0.4 is 0 Å². The summed E-state index contributed by atoms with van der Waals surface area (Å²) in [5.74, 6) is -0.0243. The van der Waals surface area contributed by atoms with Crippen molar-refractivity contribution in [2.24, 2.45) is 0 Å². The van der Waals surface area contributed by atoms with Crippen LogP contribution in [0.4, 0.5) is 0 Å². The van der Waals surface area contributed by atoms with Gasteiger partial charge in [-0.2, -0.15) is 0 Å². The van der Waals surface area contributed by atoms with E-state index in [1.165, 1.54) is 24.2 Å². The Balaban J connectivity index is 3.85. The molecule has 0 aromatic heterocycles. The van der Waals surface area contributed by atoms with Gasteiger partial charge in [-0.3, -0.25) is 4.79 Å². The molecule has 0 spiro atoms. The first-order valence-corrected chi connectivity index (χ1v) is 9.12. The van der Waals surface area contributed by atoms with Gasteiger partial charge in [0.05, 0.1) is 14.7 Å². The summed E-state index contributed by atoms with van der Waals surface area (Å²) < 4.78 is 4.93. The first-order chi connectivity index (χ1) is 7.14. The fourth-order valence-electron chi connectivity index (χ4n) is 2.12. The summed E-state index contributed by atoms with van der Waals surface area (Å²) in [6.07, 6.45) is 1.64. The van der Waals surface area contributed by atoms with Gasteiger partial charge in [0.2, 0.25) is 0 Å². The third-order valence-electron chi connectivity index (χ3n) is 3.64. The summed E-state index contributed by atoms with van der Waals surface area (Å²) in [4.78, 5) is 11.2. The maximum Gasteiger partial charge on any atom is 0.305 e. The Kier molecular flexibility index (Phi) is 7.75. The van der Waals surface area contributed by atoms with Gasteiger partial charge in [-0.05, 0) is 13.3 Å². The maximum absolute atomic E-state index is 11.2. The van der Waals surface area contributed by atoms with E-state index in [2.05, 4.69) is 20.8 Å². The smallest absolute Gasteiger partial charge is 0.305 e. The topological polar surface area (TPSA) is 26.3 Å². The Bertz CT molecular complexity index is 168. The lowest BCUT2D eigenvalue weighted by Gasteiger charge is -2.27. The molecule has 3 heteroatoms. The highest BCUT2D eigenvalue weighted by molar-refractivity contribution is 6.79. The number of carbonyl (C=O) groups excluding carboxylic acids is 1. The van der Waals surface area contributed by atoms with Gasteiger partial charge in [-0.25, -0.2) is 0 Å². The number of rotatable bonds is 8. The molecule has 0 amide bonds. The van der Waals surface area contributed by atoms with E-state index in [0.29, 0.717) is 13.0 Å². The van der Waals surface area contributed by atoms with Crippen LogP contribution >= 0.6 is 0 Å². The Morgan fingerprint density at radius 3 is 2.00 bits per heavy atom. The number of ether oxygens (including phenoxy) is 1. The number of hydrogen-bond acceptors (Lipinski definition) is 2. The minimum absolute atomic E-state index is 0.0243. The molecule has 0 atom stereocenters. The Labute approximate surface area is 95.4 Å². The monoisotopic (exact) mass is 230 g/mol. The molecule has 2 nitrogen and oxygen atoms in total. The second kappa shape index (κ2) is 7.91. The molecule has 90 valence electrons. The molecule has 0 radical (unpaired) electrons. The average Bonchev–Trinajstić information content (AvgIpc) is 2.25. The minimum atomic E-state index is -1.01. The molecule has 0 unspecified atom stereocenters. The summed E-state index contributed by atoms with van der Waals surface area (Å²) in [7, 11) is -1.01. The summed E-state index contributed by atoms with van der Waals surface area (Å²) in [5, 5.41) is 0. The largest absolute Gasteiger partial charge is 0.466 e. The Morgan fingerprint density at radius 2 is 1.60 bits per heavy atom. The van der Waals surface area contributed by atoms with Gasteiger partial charge in [0.1, 0.15) is 0 Å². The van der Waals surface area contributed by atoms with Gasteiger partial charge in [-0.15, -0.1) is 0 Å². The molecule has 0 aliphatic carbocycles. The van der Waals surface area contributed by atoms with Crippen LogP contribution in [0.15, 0.2) is 0 Å². The molecule has 0 rings (SSSR count). The Hall–Kier alpha value is -0.313. The number of carbonyl (C=O) groups is 1. The minimum Gasteiger partial charge on any atom is -0.466 e. The second-order valence-corrected chi connectivity index (χ2v) is 9.84. The van der Waals surface area contributed by atoms with Crippen molar-refractivity contribution in [3.63, 3.8) is 0 Å². The molecule has 0 saturated carbocycles. The normalized spacial score (nSPS) is 11.5. The van der Waals surface area contributed by atoms with Crippen molar-refractivity contribution >= 4 is 14.0 Å². The third kappa shape index (κ3) is 5.35. The van der Waals surface area contributed by atoms with E-state index >= 15 is 0 Å². The molecule has 0 saturated heterocycles. The van der Waals surface area contributed by atoms with Gasteiger partial charge < -0.3 is 4.74 Å². The van der Waals surface area contributed by atoms with Crippen LogP contribution in [0, 0.1) is 0 Å². The molecule has 0 N–H and O–H groups in total. The zero-order valence-electron chi connectivity index (χ0n) is 10.8. The molecule has 15 heavy (non-hydrogen) atoms. The van der Waals surface area contributed by atoms with Crippen molar-refractivity contribution in [3.05, 3.63) is 0 Å². The highest BCUT2D eigenvalue weighted by Crippen LogP contribution is 2.27. The summed E-state index contributed by atoms with van der Waals surface area (Å²) >= 11 is 0. The molecule has 0 aliphatic heterocycles. The predicted octanol–water partition coefficient (Wildman–Crippen LogP) is 3.84. The van der Waals surface area contributed by atoms with E-state index in [4.69, 9.17) is 4.74 Å². The van der Waals surface area contributed by atoms with Crippen molar-refractivity contribution in [1.29, 1.82) is 0 Å². The van der Waals surface area contributed by atoms with Gasteiger partial charge in [-0.1, -0.05) is 44.9 Å². The fraction of sp³-hybridized carbons (Fsp3) is 0.917. The number of hydrogen-bond donors (Lipinski definition) is 0. The van der Waals surface area contributed by atoms with Gasteiger partial charge in [0, 0.05) is 6.42 Å². The number of esters is 1. The molecule has 0 bridgehead atoms. The van der Waals surface area contributed by atoms with Crippen molar-refractivity contribution in [2.45, 2.75) is 64.7 Å². The highest BCUT2D eigenvalue weighted by atomic mass is 28.3. The third-order valence-corrected chi connectivity index (χ3v) is 9.56. The fourth-order valence-corrected chi connectivity index (χ4v) is 5.61. The van der Waals surface area contributed by atoms with Gasteiger partial charge in [0.25, 0.3) is 0 Å². The van der Waals surface area contributed by atoms with Crippen LogP contribution in [-0.2, 0) is 9.53 Å². The molecule has 0 heterocycles. The van der Waals surface area contributed by atoms with E-state index in [1.54, 1.807) is 0 Å². The van der Waals surface area contributed by atoms with Crippen molar-refractivity contribution in [1.82, 2.24) is 0 Å². The lowest BCUT2D eigenvalue weighted by molar-refractivity contribution is -0.143. The second-order valence-electron chi connectivity index (χ2n) is 4.22. The summed E-state index contributed by atoms with van der Waals surface area (Å²) in [5.41, 5.74) is 0. The quantitative estimate of drug-likeness (QED) is 0.468. The molecule has 0 aliphatic rings. The van der Waals surface area contributed by atoms with Crippen LogP contribution in [0.5, 0.6) is 0 Å². The van der Waals surface area contributed by atoms with Crippen LogP contribution in [-0.4, -0.2) is 20.7 Å². The van der Waals surface area contributed by atoms with Crippen LogP contribution in [0.3, 0.4) is 0 Å². The molecular formula is C12H26O2Si. The lowest BCUT2D eigenvalue weighted by Crippen LogP contribution is -2.31. The zero-order valence-corrected chi connectivity index (χ0v) is 11.8.